The number of esters is 2. The van der Waals surface area contributed by atoms with Gasteiger partial charge < -0.3 is 19.3 Å². The Morgan fingerprint density at radius 3 is 1.55 bits per heavy atom. The number of phosphoric ester groups is 1. The highest BCUT2D eigenvalue weighted by Crippen LogP contribution is 2.36. The normalized spacial score (nSPS) is 13.1. The summed E-state index contributed by atoms with van der Waals surface area (Å²) in [5.74, 6) is -0.944. The predicted octanol–water partition coefficient (Wildman–Crippen LogP) is 11.3. The van der Waals surface area contributed by atoms with Crippen LogP contribution in [0.3, 0.4) is 0 Å². The standard InChI is InChI=1S/C40H69O8P/c1-3-5-7-9-11-13-15-17-18-19-20-21-23-24-26-28-30-32-34-39(41)46-36-38(37-47-49(43,44)45)48-40(42)35-33-31-29-27-25-22-16-14-12-10-8-6-4-2/h6,8,10,12,14,16,20-22,25,38H,3-5,7,9,11,13,15,17-19,23-24,26-37H2,1-2H3,(H2,43,44,45)/b8-6+,12-10+,16-14+,21-20+,25-22+. The van der Waals surface area contributed by atoms with E-state index in [1.165, 1.54) is 64.2 Å². The van der Waals surface area contributed by atoms with E-state index in [1.54, 1.807) is 0 Å². The molecule has 0 aromatic carbocycles. The van der Waals surface area contributed by atoms with Crippen LogP contribution in [0.2, 0.25) is 0 Å². The molecule has 0 radical (unpaired) electrons. The molecule has 0 aromatic heterocycles. The average Bonchev–Trinajstić information content (AvgIpc) is 3.07. The summed E-state index contributed by atoms with van der Waals surface area (Å²) in [6.45, 7) is 3.49. The fraction of sp³-hybridized carbons (Fsp3) is 0.700. The van der Waals surface area contributed by atoms with Crippen LogP contribution in [0.15, 0.2) is 60.8 Å². The van der Waals surface area contributed by atoms with Gasteiger partial charge in [0.15, 0.2) is 6.10 Å². The second-order valence-corrected chi connectivity index (χ2v) is 13.8. The van der Waals surface area contributed by atoms with Crippen molar-refractivity contribution >= 4 is 19.8 Å². The third-order valence-corrected chi connectivity index (χ3v) is 8.35. The van der Waals surface area contributed by atoms with Gasteiger partial charge in [-0.3, -0.25) is 14.1 Å². The van der Waals surface area contributed by atoms with E-state index in [-0.39, 0.29) is 19.4 Å². The molecule has 9 heteroatoms. The van der Waals surface area contributed by atoms with Crippen molar-refractivity contribution in [1.82, 2.24) is 0 Å². The van der Waals surface area contributed by atoms with Crippen molar-refractivity contribution in [3.8, 4) is 0 Å². The largest absolute Gasteiger partial charge is 0.469 e. The highest BCUT2D eigenvalue weighted by molar-refractivity contribution is 7.46. The lowest BCUT2D eigenvalue weighted by molar-refractivity contribution is -0.161. The van der Waals surface area contributed by atoms with Crippen molar-refractivity contribution in [2.45, 2.75) is 168 Å². The first-order valence-electron chi connectivity index (χ1n) is 19.1. The van der Waals surface area contributed by atoms with Crippen molar-refractivity contribution in [2.75, 3.05) is 13.2 Å². The van der Waals surface area contributed by atoms with E-state index in [0.29, 0.717) is 12.8 Å². The Bertz CT molecular complexity index is 979. The van der Waals surface area contributed by atoms with Crippen LogP contribution in [0.1, 0.15) is 162 Å². The fourth-order valence-corrected chi connectivity index (χ4v) is 5.38. The molecule has 0 heterocycles. The van der Waals surface area contributed by atoms with Crippen molar-refractivity contribution < 1.29 is 37.9 Å². The Labute approximate surface area is 298 Å². The molecule has 0 rings (SSSR count). The quantitative estimate of drug-likeness (QED) is 0.0223. The summed E-state index contributed by atoms with van der Waals surface area (Å²) < 4.78 is 26.3. The molecule has 0 fully saturated rings. The molecule has 282 valence electrons. The summed E-state index contributed by atoms with van der Waals surface area (Å²) in [7, 11) is -4.76. The molecule has 0 saturated carbocycles. The number of hydrogen-bond donors (Lipinski definition) is 2. The van der Waals surface area contributed by atoms with Crippen LogP contribution >= 0.6 is 7.82 Å². The van der Waals surface area contributed by atoms with Crippen LogP contribution < -0.4 is 0 Å². The molecule has 0 saturated heterocycles. The molecule has 0 aliphatic rings. The molecule has 1 atom stereocenters. The van der Waals surface area contributed by atoms with Gasteiger partial charge in [-0.1, -0.05) is 152 Å². The van der Waals surface area contributed by atoms with Gasteiger partial charge in [0, 0.05) is 12.8 Å². The van der Waals surface area contributed by atoms with Crippen LogP contribution in [0, 0.1) is 0 Å². The molecule has 8 nitrogen and oxygen atoms in total. The van der Waals surface area contributed by atoms with Crippen LogP contribution in [0.4, 0.5) is 0 Å². The summed E-state index contributed by atoms with van der Waals surface area (Å²) >= 11 is 0. The maximum atomic E-state index is 12.3. The van der Waals surface area contributed by atoms with Crippen LogP contribution in [-0.2, 0) is 28.2 Å². The number of carbonyl (C=O) groups is 2. The summed E-state index contributed by atoms with van der Waals surface area (Å²) in [5, 5.41) is 0. The number of hydrogen-bond acceptors (Lipinski definition) is 6. The second-order valence-electron chi connectivity index (χ2n) is 12.6. The summed E-state index contributed by atoms with van der Waals surface area (Å²) in [6, 6.07) is 0. The Morgan fingerprint density at radius 1 is 0.551 bits per heavy atom. The Morgan fingerprint density at radius 2 is 1.00 bits per heavy atom. The Balaban J connectivity index is 4.01. The zero-order chi connectivity index (χ0) is 36.1. The first kappa shape index (κ1) is 46.8. The van der Waals surface area contributed by atoms with Crippen LogP contribution in [-0.4, -0.2) is 41.0 Å². The summed E-state index contributed by atoms with van der Waals surface area (Å²) in [5.41, 5.74) is 0. The van der Waals surface area contributed by atoms with Crippen molar-refractivity contribution in [2.24, 2.45) is 0 Å². The minimum atomic E-state index is -4.76. The van der Waals surface area contributed by atoms with Gasteiger partial charge in [0.1, 0.15) is 6.61 Å². The number of allylic oxidation sites excluding steroid dienone is 10. The number of unbranched alkanes of at least 4 members (excludes halogenated alkanes) is 17. The number of phosphoric acid groups is 1. The molecule has 0 amide bonds. The zero-order valence-corrected chi connectivity index (χ0v) is 31.7. The van der Waals surface area contributed by atoms with Crippen molar-refractivity contribution in [1.29, 1.82) is 0 Å². The third kappa shape index (κ3) is 38.4. The maximum absolute atomic E-state index is 12.3. The predicted molar refractivity (Wildman–Crippen MR) is 202 cm³/mol. The van der Waals surface area contributed by atoms with E-state index in [0.717, 1.165) is 57.8 Å². The van der Waals surface area contributed by atoms with Gasteiger partial charge in [0.25, 0.3) is 0 Å². The lowest BCUT2D eigenvalue weighted by atomic mass is 10.1. The SMILES string of the molecule is CC/C=C/C=C/C=C/C=C/CCCCCC(=O)OC(COC(=O)CCCCCCC/C=C/CCCCCCCCCCC)COP(=O)(O)O. The molecule has 2 N–H and O–H groups in total. The zero-order valence-electron chi connectivity index (χ0n) is 30.8. The molecule has 0 aromatic rings. The molecule has 0 spiro atoms. The molecular formula is C40H69O8P. The van der Waals surface area contributed by atoms with Gasteiger partial charge in [-0.25, -0.2) is 4.57 Å². The Hall–Kier alpha value is -2.25. The van der Waals surface area contributed by atoms with Crippen molar-refractivity contribution in [3.05, 3.63) is 60.8 Å². The Kier molecular flexibility index (Phi) is 33.9. The lowest BCUT2D eigenvalue weighted by Crippen LogP contribution is -2.29. The maximum Gasteiger partial charge on any atom is 0.469 e. The summed E-state index contributed by atoms with van der Waals surface area (Å²) in [6.07, 6.45) is 43.8. The topological polar surface area (TPSA) is 119 Å². The van der Waals surface area contributed by atoms with Gasteiger partial charge in [-0.2, -0.15) is 0 Å². The van der Waals surface area contributed by atoms with E-state index in [1.807, 2.05) is 36.5 Å². The number of carbonyl (C=O) groups excluding carboxylic acids is 2. The fourth-order valence-electron chi connectivity index (χ4n) is 5.02. The summed E-state index contributed by atoms with van der Waals surface area (Å²) in [4.78, 5) is 42.7. The molecule has 0 aliphatic heterocycles. The van der Waals surface area contributed by atoms with E-state index in [2.05, 4.69) is 42.7 Å². The van der Waals surface area contributed by atoms with Gasteiger partial charge in [0.2, 0.25) is 0 Å². The molecular weight excluding hydrogens is 639 g/mol. The minimum Gasteiger partial charge on any atom is -0.462 e. The number of ether oxygens (including phenoxy) is 2. The van der Waals surface area contributed by atoms with E-state index in [9.17, 15) is 14.2 Å². The third-order valence-electron chi connectivity index (χ3n) is 7.86. The van der Waals surface area contributed by atoms with Gasteiger partial charge in [0.05, 0.1) is 6.61 Å². The van der Waals surface area contributed by atoms with E-state index < -0.39 is 32.5 Å². The monoisotopic (exact) mass is 708 g/mol. The molecule has 0 aliphatic carbocycles. The van der Waals surface area contributed by atoms with Crippen LogP contribution in [0.25, 0.3) is 0 Å². The molecule has 1 unspecified atom stereocenters. The van der Waals surface area contributed by atoms with E-state index in [4.69, 9.17) is 19.3 Å². The van der Waals surface area contributed by atoms with Crippen molar-refractivity contribution in [3.63, 3.8) is 0 Å². The molecule has 0 bridgehead atoms. The highest BCUT2D eigenvalue weighted by Gasteiger charge is 2.22. The number of rotatable bonds is 34. The molecule has 49 heavy (non-hydrogen) atoms. The lowest BCUT2D eigenvalue weighted by Gasteiger charge is -2.18. The van der Waals surface area contributed by atoms with Gasteiger partial charge in [-0.05, 0) is 57.8 Å². The minimum absolute atomic E-state index is 0.162. The van der Waals surface area contributed by atoms with E-state index >= 15 is 0 Å². The second kappa shape index (κ2) is 35.6. The van der Waals surface area contributed by atoms with Gasteiger partial charge >= 0.3 is 19.8 Å². The van der Waals surface area contributed by atoms with Gasteiger partial charge in [-0.15, -0.1) is 0 Å². The van der Waals surface area contributed by atoms with Crippen LogP contribution in [0.5, 0.6) is 0 Å². The highest BCUT2D eigenvalue weighted by atomic mass is 31.2. The smallest absolute Gasteiger partial charge is 0.462 e. The first-order chi connectivity index (χ1) is 23.8. The average molecular weight is 709 g/mol. The first-order valence-corrected chi connectivity index (χ1v) is 20.7.